The van der Waals surface area contributed by atoms with E-state index in [0.717, 1.165) is 24.8 Å². The van der Waals surface area contributed by atoms with Gasteiger partial charge in [-0.25, -0.2) is 0 Å². The van der Waals surface area contributed by atoms with Crippen LogP contribution >= 0.6 is 35.7 Å². The smallest absolute Gasteiger partial charge is 0.191 e. The highest BCUT2D eigenvalue weighted by Gasteiger charge is 2.20. The minimum absolute atomic E-state index is 0. The summed E-state index contributed by atoms with van der Waals surface area (Å²) in [5, 5.41) is 6.81. The molecule has 0 amide bonds. The Bertz CT molecular complexity index is 441. The second-order valence-electron chi connectivity index (χ2n) is 5.32. The van der Waals surface area contributed by atoms with Gasteiger partial charge in [-0.2, -0.15) is 0 Å². The van der Waals surface area contributed by atoms with Gasteiger partial charge in [-0.05, 0) is 38.6 Å². The lowest BCUT2D eigenvalue weighted by Gasteiger charge is -2.21. The van der Waals surface area contributed by atoms with Crippen LogP contribution in [0.5, 0.6) is 0 Å². The molecular formula is C16H27IN4S. The molecule has 4 nitrogen and oxygen atoms in total. The van der Waals surface area contributed by atoms with E-state index in [1.165, 1.54) is 24.3 Å². The fourth-order valence-electron chi connectivity index (χ4n) is 2.53. The van der Waals surface area contributed by atoms with E-state index in [-0.39, 0.29) is 24.0 Å². The molecule has 0 aliphatic carbocycles. The number of hydrogen-bond donors (Lipinski definition) is 2. The molecule has 0 spiro atoms. The normalized spacial score (nSPS) is 18.8. The summed E-state index contributed by atoms with van der Waals surface area (Å²) in [6.45, 7) is 3.10. The highest BCUT2D eigenvalue weighted by molar-refractivity contribution is 14.0. The van der Waals surface area contributed by atoms with Crippen molar-refractivity contribution in [2.24, 2.45) is 4.99 Å². The standard InChI is InChI=1S/C16H26N4S.HI/c1-17-16(19-13-14-7-6-11-20(14)2)18-10-12-21-15-8-4-3-5-9-15;/h3-5,8-9,14H,6-7,10-13H2,1-2H3,(H2,17,18,19);1H. The third kappa shape index (κ3) is 6.75. The molecule has 22 heavy (non-hydrogen) atoms. The van der Waals surface area contributed by atoms with Gasteiger partial charge >= 0.3 is 0 Å². The molecule has 2 rings (SSSR count). The number of rotatable bonds is 6. The number of guanidine groups is 1. The molecule has 1 saturated heterocycles. The molecule has 1 fully saturated rings. The lowest BCUT2D eigenvalue weighted by molar-refractivity contribution is 0.309. The second-order valence-corrected chi connectivity index (χ2v) is 6.49. The quantitative estimate of drug-likeness (QED) is 0.238. The first kappa shape index (κ1) is 19.6. The summed E-state index contributed by atoms with van der Waals surface area (Å²) in [6.07, 6.45) is 2.59. The van der Waals surface area contributed by atoms with Crippen LogP contribution in [0.1, 0.15) is 12.8 Å². The third-order valence-corrected chi connectivity index (χ3v) is 4.82. The highest BCUT2D eigenvalue weighted by atomic mass is 127. The Kier molecular flexibility index (Phi) is 9.90. The summed E-state index contributed by atoms with van der Waals surface area (Å²) >= 11 is 1.86. The number of likely N-dealkylation sites (tertiary alicyclic amines) is 1. The predicted octanol–water partition coefficient (Wildman–Crippen LogP) is 2.66. The molecule has 124 valence electrons. The summed E-state index contributed by atoms with van der Waals surface area (Å²) in [5.74, 6) is 1.94. The lowest BCUT2D eigenvalue weighted by Crippen LogP contribution is -2.44. The zero-order valence-corrected chi connectivity index (χ0v) is 16.6. The molecule has 1 unspecified atom stereocenters. The minimum atomic E-state index is 0. The molecular weight excluding hydrogens is 407 g/mol. The molecule has 6 heteroatoms. The number of hydrogen-bond acceptors (Lipinski definition) is 3. The first-order valence-corrected chi connectivity index (χ1v) is 8.61. The molecule has 1 aliphatic rings. The highest BCUT2D eigenvalue weighted by Crippen LogP contribution is 2.15. The van der Waals surface area contributed by atoms with Gasteiger partial charge in [0.05, 0.1) is 0 Å². The van der Waals surface area contributed by atoms with Crippen molar-refractivity contribution < 1.29 is 0 Å². The number of nitrogens with zero attached hydrogens (tertiary/aromatic N) is 2. The van der Waals surface area contributed by atoms with Crippen LogP contribution in [0.4, 0.5) is 0 Å². The Balaban J connectivity index is 0.00000242. The molecule has 0 radical (unpaired) electrons. The van der Waals surface area contributed by atoms with Crippen molar-refractivity contribution in [3.63, 3.8) is 0 Å². The second kappa shape index (κ2) is 11.1. The van der Waals surface area contributed by atoms with Crippen molar-refractivity contribution in [2.75, 3.05) is 39.5 Å². The maximum absolute atomic E-state index is 4.29. The molecule has 1 aromatic rings. The number of halogens is 1. The van der Waals surface area contributed by atoms with Crippen LogP contribution in [0.25, 0.3) is 0 Å². The molecule has 2 N–H and O–H groups in total. The molecule has 0 bridgehead atoms. The SMILES string of the molecule is CN=C(NCCSc1ccccc1)NCC1CCCN1C.I. The number of nitrogens with one attached hydrogen (secondary N) is 2. The average Bonchev–Trinajstić information content (AvgIpc) is 2.93. The Morgan fingerprint density at radius 3 is 2.73 bits per heavy atom. The number of likely N-dealkylation sites (N-methyl/N-ethyl adjacent to an activating group) is 1. The van der Waals surface area contributed by atoms with Crippen molar-refractivity contribution in [1.82, 2.24) is 15.5 Å². The zero-order chi connectivity index (χ0) is 14.9. The fraction of sp³-hybridized carbons (Fsp3) is 0.562. The van der Waals surface area contributed by atoms with Crippen LogP contribution in [-0.4, -0.2) is 56.4 Å². The van der Waals surface area contributed by atoms with Crippen molar-refractivity contribution in [1.29, 1.82) is 0 Å². The van der Waals surface area contributed by atoms with Gasteiger partial charge < -0.3 is 15.5 Å². The minimum Gasteiger partial charge on any atom is -0.356 e. The maximum atomic E-state index is 4.29. The van der Waals surface area contributed by atoms with E-state index in [2.05, 4.69) is 51.8 Å². The monoisotopic (exact) mass is 434 g/mol. The van der Waals surface area contributed by atoms with Gasteiger partial charge in [-0.3, -0.25) is 4.99 Å². The van der Waals surface area contributed by atoms with Crippen molar-refractivity contribution in [3.8, 4) is 0 Å². The van der Waals surface area contributed by atoms with Crippen molar-refractivity contribution in [3.05, 3.63) is 30.3 Å². The Morgan fingerprint density at radius 2 is 2.09 bits per heavy atom. The van der Waals surface area contributed by atoms with E-state index in [9.17, 15) is 0 Å². The van der Waals surface area contributed by atoms with Gasteiger partial charge in [0.1, 0.15) is 0 Å². The van der Waals surface area contributed by atoms with Crippen LogP contribution in [0.15, 0.2) is 40.2 Å². The van der Waals surface area contributed by atoms with Gasteiger partial charge in [0.2, 0.25) is 0 Å². The van der Waals surface area contributed by atoms with Gasteiger partial charge in [0, 0.05) is 36.8 Å². The predicted molar refractivity (Wildman–Crippen MR) is 108 cm³/mol. The molecule has 1 heterocycles. The summed E-state index contributed by atoms with van der Waals surface area (Å²) < 4.78 is 0. The van der Waals surface area contributed by atoms with Gasteiger partial charge in [-0.1, -0.05) is 18.2 Å². The van der Waals surface area contributed by atoms with Gasteiger partial charge in [0.25, 0.3) is 0 Å². The van der Waals surface area contributed by atoms with Crippen LogP contribution < -0.4 is 10.6 Å². The van der Waals surface area contributed by atoms with Crippen LogP contribution in [0, 0.1) is 0 Å². The summed E-state index contributed by atoms with van der Waals surface area (Å²) in [5.41, 5.74) is 0. The average molecular weight is 434 g/mol. The largest absolute Gasteiger partial charge is 0.356 e. The molecule has 1 aromatic carbocycles. The molecule has 1 aliphatic heterocycles. The van der Waals surface area contributed by atoms with E-state index in [1.54, 1.807) is 0 Å². The van der Waals surface area contributed by atoms with Gasteiger partial charge in [0.15, 0.2) is 5.96 Å². The van der Waals surface area contributed by atoms with Gasteiger partial charge in [-0.15, -0.1) is 35.7 Å². The van der Waals surface area contributed by atoms with Crippen molar-refractivity contribution in [2.45, 2.75) is 23.8 Å². The molecule has 0 saturated carbocycles. The van der Waals surface area contributed by atoms with Crippen LogP contribution in [-0.2, 0) is 0 Å². The topological polar surface area (TPSA) is 39.7 Å². The zero-order valence-electron chi connectivity index (χ0n) is 13.4. The summed E-state index contributed by atoms with van der Waals surface area (Å²) in [6, 6.07) is 11.1. The summed E-state index contributed by atoms with van der Waals surface area (Å²) in [4.78, 5) is 8.02. The van der Waals surface area contributed by atoms with Crippen LogP contribution in [0.3, 0.4) is 0 Å². The Hall–Kier alpha value is -0.470. The van der Waals surface area contributed by atoms with Crippen LogP contribution in [0.2, 0.25) is 0 Å². The first-order chi connectivity index (χ1) is 10.3. The fourth-order valence-corrected chi connectivity index (χ4v) is 3.32. The van der Waals surface area contributed by atoms with E-state index >= 15 is 0 Å². The van der Waals surface area contributed by atoms with E-state index in [0.29, 0.717) is 6.04 Å². The first-order valence-electron chi connectivity index (χ1n) is 7.62. The molecule has 0 aromatic heterocycles. The Morgan fingerprint density at radius 1 is 1.32 bits per heavy atom. The maximum Gasteiger partial charge on any atom is 0.191 e. The molecule has 1 atom stereocenters. The Labute approximate surface area is 155 Å². The van der Waals surface area contributed by atoms with E-state index in [1.807, 2.05) is 24.9 Å². The van der Waals surface area contributed by atoms with E-state index in [4.69, 9.17) is 0 Å². The van der Waals surface area contributed by atoms with Crippen molar-refractivity contribution >= 4 is 41.7 Å². The van der Waals surface area contributed by atoms with E-state index < -0.39 is 0 Å². The number of aliphatic imine (C=N–C) groups is 1. The lowest BCUT2D eigenvalue weighted by atomic mass is 10.2. The third-order valence-electron chi connectivity index (χ3n) is 3.81. The number of thioether (sulfide) groups is 1. The number of benzene rings is 1. The summed E-state index contributed by atoms with van der Waals surface area (Å²) in [7, 11) is 4.03.